The molecule has 0 spiro atoms. The molecule has 0 saturated carbocycles. The number of fused-ring (bicyclic) bond motifs is 1. The van der Waals surface area contributed by atoms with Gasteiger partial charge in [-0.3, -0.25) is 0 Å². The Morgan fingerprint density at radius 1 is 1.05 bits per heavy atom. The van der Waals surface area contributed by atoms with E-state index in [1.807, 2.05) is 6.20 Å². The molecular weight excluding hydrogens is 242 g/mol. The van der Waals surface area contributed by atoms with E-state index in [2.05, 4.69) is 54.9 Å². The first-order valence-electron chi connectivity index (χ1n) is 7.72. The second kappa shape index (κ2) is 7.70. The zero-order valence-electron chi connectivity index (χ0n) is 12.6. The second-order valence-corrected chi connectivity index (χ2v) is 5.18. The van der Waals surface area contributed by atoms with Gasteiger partial charge in [0, 0.05) is 18.0 Å². The smallest absolute Gasteiger partial charge is 0.116 e. The topological polar surface area (TPSA) is 12.9 Å². The Kier molecular flexibility index (Phi) is 5.62. The van der Waals surface area contributed by atoms with Crippen molar-refractivity contribution < 1.29 is 0 Å². The van der Waals surface area contributed by atoms with Crippen LogP contribution in [0.15, 0.2) is 30.5 Å². The van der Waals surface area contributed by atoms with Crippen LogP contribution >= 0.6 is 0 Å². The van der Waals surface area contributed by atoms with Gasteiger partial charge in [-0.2, -0.15) is 0 Å². The molecule has 0 atom stereocenters. The lowest BCUT2D eigenvalue weighted by Gasteiger charge is -2.08. The molecule has 0 saturated heterocycles. The highest BCUT2D eigenvalue weighted by Gasteiger charge is 2.06. The highest BCUT2D eigenvalue weighted by atomic mass is 14.7. The molecule has 1 aromatic carbocycles. The predicted molar refractivity (Wildman–Crippen MR) is 86.8 cm³/mol. The number of nitrogens with zero attached hydrogens (tertiary/aromatic N) is 1. The van der Waals surface area contributed by atoms with Gasteiger partial charge in [-0.1, -0.05) is 56.9 Å². The van der Waals surface area contributed by atoms with Gasteiger partial charge in [-0.05, 0) is 36.1 Å². The quantitative estimate of drug-likeness (QED) is 0.540. The van der Waals surface area contributed by atoms with Crippen molar-refractivity contribution in [2.75, 3.05) is 0 Å². The fraction of sp³-hybridized carbons (Fsp3) is 0.421. The summed E-state index contributed by atoms with van der Waals surface area (Å²) in [5.41, 5.74) is 2.31. The van der Waals surface area contributed by atoms with Crippen LogP contribution in [0.2, 0.25) is 0 Å². The molecule has 0 aliphatic rings. The largest absolute Gasteiger partial charge is 0.247 e. The highest BCUT2D eigenvalue weighted by molar-refractivity contribution is 5.86. The van der Waals surface area contributed by atoms with Crippen molar-refractivity contribution in [3.8, 4) is 11.8 Å². The Labute approximate surface area is 122 Å². The number of unbranched alkanes of at least 4 members (excludes halogenated alkanes) is 3. The second-order valence-electron chi connectivity index (χ2n) is 5.18. The molecular formula is C19H23N. The lowest BCUT2D eigenvalue weighted by atomic mass is 9.99. The van der Waals surface area contributed by atoms with Crippen molar-refractivity contribution in [3.63, 3.8) is 0 Å². The highest BCUT2D eigenvalue weighted by Crippen LogP contribution is 2.22. The van der Waals surface area contributed by atoms with E-state index in [-0.39, 0.29) is 0 Å². The molecule has 1 aromatic heterocycles. The minimum Gasteiger partial charge on any atom is -0.247 e. The zero-order valence-corrected chi connectivity index (χ0v) is 12.6. The third-order valence-electron chi connectivity index (χ3n) is 3.55. The van der Waals surface area contributed by atoms with Crippen molar-refractivity contribution in [1.82, 2.24) is 4.98 Å². The van der Waals surface area contributed by atoms with E-state index in [4.69, 9.17) is 0 Å². The van der Waals surface area contributed by atoms with Gasteiger partial charge < -0.3 is 0 Å². The van der Waals surface area contributed by atoms with Gasteiger partial charge in [0.05, 0.1) is 0 Å². The zero-order chi connectivity index (χ0) is 14.2. The maximum absolute atomic E-state index is 4.58. The number of aryl methyl sites for hydroxylation is 1. The maximum Gasteiger partial charge on any atom is 0.116 e. The average molecular weight is 265 g/mol. The van der Waals surface area contributed by atoms with Crippen molar-refractivity contribution in [2.45, 2.75) is 52.4 Å². The Bertz CT molecular complexity index is 616. The minimum absolute atomic E-state index is 0.970. The van der Waals surface area contributed by atoms with Gasteiger partial charge in [0.25, 0.3) is 0 Å². The number of rotatable bonds is 5. The number of hydrogen-bond donors (Lipinski definition) is 0. The molecule has 0 radical (unpaired) electrons. The van der Waals surface area contributed by atoms with Crippen LogP contribution < -0.4 is 0 Å². The number of pyridine rings is 1. The van der Waals surface area contributed by atoms with Crippen LogP contribution in [-0.4, -0.2) is 4.98 Å². The van der Waals surface area contributed by atoms with Crippen molar-refractivity contribution >= 4 is 10.8 Å². The molecule has 1 nitrogen and oxygen atoms in total. The lowest BCUT2D eigenvalue weighted by molar-refractivity contribution is 0.794. The molecule has 0 unspecified atom stereocenters. The molecule has 0 bridgehead atoms. The first kappa shape index (κ1) is 14.6. The Morgan fingerprint density at radius 3 is 2.65 bits per heavy atom. The molecule has 0 aliphatic heterocycles. The SMILES string of the molecule is CCCCC#Cc1ncc2ccccc2c1CCCC. The Balaban J connectivity index is 2.38. The van der Waals surface area contributed by atoms with Crippen LogP contribution in [0.1, 0.15) is 57.2 Å². The minimum atomic E-state index is 0.970. The summed E-state index contributed by atoms with van der Waals surface area (Å²) in [5.74, 6) is 6.56. The summed E-state index contributed by atoms with van der Waals surface area (Å²) in [6.45, 7) is 4.42. The van der Waals surface area contributed by atoms with Crippen LogP contribution in [0.5, 0.6) is 0 Å². The van der Waals surface area contributed by atoms with Gasteiger partial charge in [-0.15, -0.1) is 0 Å². The summed E-state index contributed by atoms with van der Waals surface area (Å²) in [4.78, 5) is 4.58. The molecule has 104 valence electrons. The van der Waals surface area contributed by atoms with Crippen LogP contribution in [0.4, 0.5) is 0 Å². The summed E-state index contributed by atoms with van der Waals surface area (Å²) in [7, 11) is 0. The van der Waals surface area contributed by atoms with E-state index in [1.165, 1.54) is 42.0 Å². The van der Waals surface area contributed by atoms with E-state index < -0.39 is 0 Å². The summed E-state index contributed by atoms with van der Waals surface area (Å²) in [5, 5.41) is 2.54. The molecule has 0 amide bonds. The fourth-order valence-corrected chi connectivity index (χ4v) is 2.35. The molecule has 2 aromatic rings. The van der Waals surface area contributed by atoms with Crippen LogP contribution in [0, 0.1) is 11.8 Å². The molecule has 20 heavy (non-hydrogen) atoms. The summed E-state index contributed by atoms with van der Waals surface area (Å²) >= 11 is 0. The summed E-state index contributed by atoms with van der Waals surface area (Å²) in [6.07, 6.45) is 8.76. The Hall–Kier alpha value is -1.81. The van der Waals surface area contributed by atoms with Gasteiger partial charge >= 0.3 is 0 Å². The predicted octanol–water partition coefficient (Wildman–Crippen LogP) is 5.12. The number of aromatic nitrogens is 1. The van der Waals surface area contributed by atoms with Crippen LogP contribution in [0.25, 0.3) is 10.8 Å². The normalized spacial score (nSPS) is 10.3. The molecule has 1 heteroatoms. The lowest BCUT2D eigenvalue weighted by Crippen LogP contribution is -1.96. The summed E-state index contributed by atoms with van der Waals surface area (Å²) < 4.78 is 0. The van der Waals surface area contributed by atoms with E-state index in [0.29, 0.717) is 0 Å². The van der Waals surface area contributed by atoms with Crippen molar-refractivity contribution in [2.24, 2.45) is 0 Å². The summed E-state index contributed by atoms with van der Waals surface area (Å²) in [6, 6.07) is 8.50. The van der Waals surface area contributed by atoms with Gasteiger partial charge in [0.2, 0.25) is 0 Å². The maximum atomic E-state index is 4.58. The standard InChI is InChI=1S/C19H23N/c1-3-5-7-8-14-19-18(12-6-4-2)17-13-10-9-11-16(17)15-20-19/h9-11,13,15H,3-7,12H2,1-2H3. The number of hydrogen-bond acceptors (Lipinski definition) is 1. The Morgan fingerprint density at radius 2 is 1.85 bits per heavy atom. The van der Waals surface area contributed by atoms with Crippen molar-refractivity contribution in [1.29, 1.82) is 0 Å². The molecule has 1 heterocycles. The van der Waals surface area contributed by atoms with E-state index in [1.54, 1.807) is 0 Å². The van der Waals surface area contributed by atoms with Crippen molar-refractivity contribution in [3.05, 3.63) is 41.7 Å². The molecule has 2 rings (SSSR count). The third kappa shape index (κ3) is 3.61. The fourth-order valence-electron chi connectivity index (χ4n) is 2.35. The number of benzene rings is 1. The third-order valence-corrected chi connectivity index (χ3v) is 3.55. The molecule has 0 fully saturated rings. The van der Waals surface area contributed by atoms with E-state index >= 15 is 0 Å². The average Bonchev–Trinajstić information content (AvgIpc) is 2.50. The molecule has 0 aliphatic carbocycles. The van der Waals surface area contributed by atoms with E-state index in [0.717, 1.165) is 18.5 Å². The van der Waals surface area contributed by atoms with E-state index in [9.17, 15) is 0 Å². The monoisotopic (exact) mass is 265 g/mol. The first-order chi connectivity index (χ1) is 9.86. The van der Waals surface area contributed by atoms with Crippen LogP contribution in [0.3, 0.4) is 0 Å². The first-order valence-corrected chi connectivity index (χ1v) is 7.72. The van der Waals surface area contributed by atoms with Crippen LogP contribution in [-0.2, 0) is 6.42 Å². The van der Waals surface area contributed by atoms with Gasteiger partial charge in [0.1, 0.15) is 5.69 Å². The molecule has 0 N–H and O–H groups in total. The van der Waals surface area contributed by atoms with Gasteiger partial charge in [-0.25, -0.2) is 4.98 Å². The van der Waals surface area contributed by atoms with Gasteiger partial charge in [0.15, 0.2) is 0 Å².